The van der Waals surface area contributed by atoms with Crippen LogP contribution in [0.4, 0.5) is 0 Å². The van der Waals surface area contributed by atoms with Crippen LogP contribution >= 0.6 is 20.5 Å². The Kier molecular flexibility index (Phi) is 11.0. The number of phosphoric acid groups is 1. The summed E-state index contributed by atoms with van der Waals surface area (Å²) < 4.78 is 8.88. The van der Waals surface area contributed by atoms with Gasteiger partial charge in [0.2, 0.25) is 5.91 Å². The summed E-state index contributed by atoms with van der Waals surface area (Å²) in [6.07, 6.45) is 0.410. The Bertz CT molecular complexity index is 188. The van der Waals surface area contributed by atoms with Crippen molar-refractivity contribution >= 4 is 26.4 Å². The molecule has 6 N–H and O–H groups in total. The number of hydrogen-bond donors (Lipinski definition) is 6. The van der Waals surface area contributed by atoms with Crippen molar-refractivity contribution in [1.29, 1.82) is 0 Å². The highest BCUT2D eigenvalue weighted by atomic mass is 32.1. The topological polar surface area (TPSA) is 133 Å². The van der Waals surface area contributed by atoms with Crippen LogP contribution in [0.3, 0.4) is 0 Å². The van der Waals surface area contributed by atoms with E-state index < -0.39 is 7.82 Å². The van der Waals surface area contributed by atoms with E-state index in [4.69, 9.17) is 25.0 Å². The lowest BCUT2D eigenvalue weighted by Crippen LogP contribution is -2.27. The maximum Gasteiger partial charge on any atom is 0.466 e. The third-order valence-electron chi connectivity index (χ3n) is 0.805. The quantitative estimate of drug-likeness (QED) is 0.263. The Hall–Kier alpha value is -0.110. The van der Waals surface area contributed by atoms with E-state index in [1.165, 1.54) is 0 Å². The van der Waals surface area contributed by atoms with E-state index in [1.807, 2.05) is 0 Å². The van der Waals surface area contributed by atoms with E-state index >= 15 is 0 Å². The van der Waals surface area contributed by atoms with Gasteiger partial charge in [0.25, 0.3) is 0 Å². The van der Waals surface area contributed by atoms with Crippen molar-refractivity contribution in [2.24, 2.45) is 5.73 Å². The lowest BCUT2D eigenvalue weighted by Gasteiger charge is -1.99. The van der Waals surface area contributed by atoms with Gasteiger partial charge in [-0.25, -0.2) is 4.57 Å². The number of carbonyl (C=O) groups excluding carboxylic acids is 1. The van der Waals surface area contributed by atoms with Crippen LogP contribution in [0.1, 0.15) is 6.42 Å². The molecular weight excluding hydrogens is 231 g/mol. The van der Waals surface area contributed by atoms with Crippen molar-refractivity contribution in [2.75, 3.05) is 18.8 Å². The van der Waals surface area contributed by atoms with Gasteiger partial charge >= 0.3 is 7.82 Å². The molecule has 0 unspecified atom stereocenters. The van der Waals surface area contributed by atoms with Gasteiger partial charge in [0.15, 0.2) is 0 Å². The maximum absolute atomic E-state index is 10.6. The Morgan fingerprint density at radius 3 is 2.14 bits per heavy atom. The van der Waals surface area contributed by atoms with Crippen LogP contribution in [0.25, 0.3) is 0 Å². The molecule has 86 valence electrons. The van der Waals surface area contributed by atoms with Crippen LogP contribution in [0.15, 0.2) is 0 Å². The molecule has 0 aliphatic heterocycles. The first-order chi connectivity index (χ1) is 6.31. The van der Waals surface area contributed by atoms with Crippen molar-refractivity contribution in [3.05, 3.63) is 0 Å². The van der Waals surface area contributed by atoms with Gasteiger partial charge in [-0.3, -0.25) is 4.79 Å². The minimum Gasteiger partial charge on any atom is -0.355 e. The van der Waals surface area contributed by atoms with Crippen LogP contribution in [0, 0.1) is 0 Å². The molecule has 0 fully saturated rings. The molecule has 0 aromatic heterocycles. The first-order valence-corrected chi connectivity index (χ1v) is 5.87. The maximum atomic E-state index is 10.6. The molecule has 0 heterocycles. The summed E-state index contributed by atoms with van der Waals surface area (Å²) in [5, 5.41) is 2.64. The first-order valence-electron chi connectivity index (χ1n) is 3.67. The minimum atomic E-state index is -4.64. The van der Waals surface area contributed by atoms with Crippen LogP contribution < -0.4 is 11.1 Å². The van der Waals surface area contributed by atoms with E-state index in [-0.39, 0.29) is 5.91 Å². The zero-order chi connectivity index (χ0) is 11.6. The molecule has 0 aromatic rings. The lowest BCUT2D eigenvalue weighted by molar-refractivity contribution is -0.120. The van der Waals surface area contributed by atoms with Crippen molar-refractivity contribution in [3.8, 4) is 0 Å². The largest absolute Gasteiger partial charge is 0.466 e. The smallest absolute Gasteiger partial charge is 0.355 e. The minimum absolute atomic E-state index is 0.00606. The van der Waals surface area contributed by atoms with Crippen molar-refractivity contribution in [2.45, 2.75) is 6.42 Å². The second kappa shape index (κ2) is 9.45. The molecule has 0 atom stereocenters. The summed E-state index contributed by atoms with van der Waals surface area (Å²) in [4.78, 5) is 32.1. The average molecular weight is 246 g/mol. The average Bonchev–Trinajstić information content (AvgIpc) is 1.98. The summed E-state index contributed by atoms with van der Waals surface area (Å²) in [6, 6.07) is 0. The number of hydrogen-bond acceptors (Lipinski definition) is 4. The van der Waals surface area contributed by atoms with E-state index in [1.54, 1.807) is 0 Å². The van der Waals surface area contributed by atoms with Gasteiger partial charge in [-0.15, -0.1) is 0 Å². The summed E-state index contributed by atoms with van der Waals surface area (Å²) in [7, 11) is -4.64. The summed E-state index contributed by atoms with van der Waals surface area (Å²) in [5.41, 5.74) is 5.12. The molecule has 1 amide bonds. The summed E-state index contributed by atoms with van der Waals surface area (Å²) in [6.45, 7) is 1.04. The zero-order valence-electron chi connectivity index (χ0n) is 7.46. The predicted molar refractivity (Wildman–Crippen MR) is 54.8 cm³/mol. The summed E-state index contributed by atoms with van der Waals surface area (Å²) >= 11 is 3.92. The molecule has 14 heavy (non-hydrogen) atoms. The van der Waals surface area contributed by atoms with E-state index in [0.29, 0.717) is 25.3 Å². The van der Waals surface area contributed by atoms with Gasteiger partial charge in [0.05, 0.1) is 0 Å². The third kappa shape index (κ3) is 29.7. The lowest BCUT2D eigenvalue weighted by atomic mass is 10.4. The summed E-state index contributed by atoms with van der Waals surface area (Å²) in [5.74, 6) is 0.683. The van der Waals surface area contributed by atoms with E-state index in [2.05, 4.69) is 17.9 Å². The Balaban J connectivity index is 0. The van der Waals surface area contributed by atoms with Gasteiger partial charge in [-0.2, -0.15) is 12.6 Å². The molecule has 0 bridgehead atoms. The van der Waals surface area contributed by atoms with Crippen molar-refractivity contribution in [1.82, 2.24) is 5.32 Å². The molecule has 0 spiro atoms. The highest BCUT2D eigenvalue weighted by Gasteiger charge is 2.00. The second-order valence-electron chi connectivity index (χ2n) is 2.13. The van der Waals surface area contributed by atoms with Crippen molar-refractivity contribution in [3.63, 3.8) is 0 Å². The third-order valence-corrected chi connectivity index (χ3v) is 1.03. The molecular formula is C5H15N2O5PS. The SMILES string of the molecule is NCCC(=O)NCCS.O=P(O)(O)O. The van der Waals surface area contributed by atoms with E-state index in [0.717, 1.165) is 0 Å². The number of rotatable bonds is 4. The molecule has 7 nitrogen and oxygen atoms in total. The molecule has 0 saturated carbocycles. The molecule has 0 radical (unpaired) electrons. The fourth-order valence-electron chi connectivity index (χ4n) is 0.415. The number of carbonyl (C=O) groups is 1. The molecule has 0 saturated heterocycles. The molecule has 0 rings (SSSR count). The van der Waals surface area contributed by atoms with Crippen LogP contribution in [0.2, 0.25) is 0 Å². The first kappa shape index (κ1) is 16.3. The van der Waals surface area contributed by atoms with Crippen LogP contribution in [0.5, 0.6) is 0 Å². The monoisotopic (exact) mass is 246 g/mol. The second-order valence-corrected chi connectivity index (χ2v) is 3.60. The van der Waals surface area contributed by atoms with Gasteiger partial charge in [0, 0.05) is 25.3 Å². The van der Waals surface area contributed by atoms with Gasteiger partial charge in [0.1, 0.15) is 0 Å². The number of thiol groups is 1. The molecule has 9 heteroatoms. The van der Waals surface area contributed by atoms with Crippen LogP contribution in [-0.4, -0.2) is 39.4 Å². The highest BCUT2D eigenvalue weighted by Crippen LogP contribution is 2.25. The fraction of sp³-hybridized carbons (Fsp3) is 0.800. The van der Waals surface area contributed by atoms with Crippen LogP contribution in [-0.2, 0) is 9.36 Å². The normalized spacial score (nSPS) is 10.1. The molecule has 0 aliphatic carbocycles. The van der Waals surface area contributed by atoms with E-state index in [9.17, 15) is 4.79 Å². The fourth-order valence-corrected chi connectivity index (χ4v) is 0.527. The van der Waals surface area contributed by atoms with Crippen molar-refractivity contribution < 1.29 is 24.0 Å². The molecule has 0 aromatic carbocycles. The highest BCUT2D eigenvalue weighted by molar-refractivity contribution is 7.80. The Morgan fingerprint density at radius 1 is 1.43 bits per heavy atom. The molecule has 0 aliphatic rings. The van der Waals surface area contributed by atoms with Gasteiger partial charge < -0.3 is 25.7 Å². The zero-order valence-corrected chi connectivity index (χ0v) is 9.25. The standard InChI is InChI=1S/C5H12N2OS.H3O4P/c6-2-1-5(8)7-3-4-9;1-5(2,3)4/h9H,1-4,6H2,(H,7,8);(H3,1,2,3,4). The Labute approximate surface area is 87.3 Å². The number of nitrogens with two attached hydrogens (primary N) is 1. The number of amides is 1. The number of nitrogens with one attached hydrogen (secondary N) is 1. The Morgan fingerprint density at radius 2 is 1.86 bits per heavy atom. The van der Waals surface area contributed by atoms with Gasteiger partial charge in [-0.05, 0) is 0 Å². The predicted octanol–water partition coefficient (Wildman–Crippen LogP) is -1.55. The van der Waals surface area contributed by atoms with Gasteiger partial charge in [-0.1, -0.05) is 0 Å².